The second-order valence-electron chi connectivity index (χ2n) is 15.4. The number of hydrogen-bond donors (Lipinski definition) is 8. The van der Waals surface area contributed by atoms with Gasteiger partial charge in [0.2, 0.25) is 5.91 Å². The average Bonchev–Trinajstić information content (AvgIpc) is 3.16. The molecule has 0 aliphatic carbocycles. The number of carbonyl (C=O) groups excluding carboxylic acids is 1. The fourth-order valence-corrected chi connectivity index (χ4v) is 6.91. The summed E-state index contributed by atoms with van der Waals surface area (Å²) < 4.78 is 11.0. The Hall–Kier alpha value is -1.15. The zero-order valence-electron chi connectivity index (χ0n) is 33.5. The van der Waals surface area contributed by atoms with Crippen molar-refractivity contribution >= 4 is 5.91 Å². The molecule has 0 bridgehead atoms. The molecule has 1 rings (SSSR count). The lowest BCUT2D eigenvalue weighted by molar-refractivity contribution is -0.303. The van der Waals surface area contributed by atoms with Gasteiger partial charge >= 0.3 is 0 Å². The van der Waals surface area contributed by atoms with E-state index in [0.717, 1.165) is 38.5 Å². The SMILES string of the molecule is CCCCCCCCCCCCCC/C=C/CCCC(O)C(O)C(COC1OC(CO)C(O)C(O)C1O)NC(=O)C(O)CCCCCCCCCCC. The van der Waals surface area contributed by atoms with E-state index in [1.54, 1.807) is 0 Å². The number of aliphatic hydroxyl groups is 7. The summed E-state index contributed by atoms with van der Waals surface area (Å²) in [5.74, 6) is -0.709. The van der Waals surface area contributed by atoms with E-state index in [4.69, 9.17) is 9.47 Å². The summed E-state index contributed by atoms with van der Waals surface area (Å²) in [7, 11) is 0. The van der Waals surface area contributed by atoms with Crippen molar-refractivity contribution in [3.05, 3.63) is 12.2 Å². The van der Waals surface area contributed by atoms with E-state index in [-0.39, 0.29) is 12.8 Å². The maximum atomic E-state index is 13.0. The molecule has 0 spiro atoms. The molecule has 1 amide bonds. The maximum absolute atomic E-state index is 13.0. The summed E-state index contributed by atoms with van der Waals surface area (Å²) in [6, 6.07) is -1.18. The van der Waals surface area contributed by atoms with E-state index in [1.165, 1.54) is 103 Å². The second kappa shape index (κ2) is 33.0. The molecular weight excluding hydrogens is 678 g/mol. The fourth-order valence-electron chi connectivity index (χ4n) is 6.91. The Balaban J connectivity index is 2.50. The number of carbonyl (C=O) groups is 1. The molecule has 8 N–H and O–H groups in total. The normalized spacial score (nSPS) is 22.9. The van der Waals surface area contributed by atoms with E-state index >= 15 is 0 Å². The van der Waals surface area contributed by atoms with Crippen molar-refractivity contribution in [2.24, 2.45) is 0 Å². The Bertz CT molecular complexity index is 877. The highest BCUT2D eigenvalue weighted by Crippen LogP contribution is 2.23. The highest BCUT2D eigenvalue weighted by molar-refractivity contribution is 5.80. The molecule has 1 aliphatic rings. The van der Waals surface area contributed by atoms with Crippen molar-refractivity contribution in [2.45, 2.75) is 236 Å². The van der Waals surface area contributed by atoms with Crippen LogP contribution in [-0.4, -0.2) is 110 Å². The Morgan fingerprint density at radius 3 is 1.62 bits per heavy atom. The van der Waals surface area contributed by atoms with E-state index in [2.05, 4.69) is 31.3 Å². The standard InChI is InChI=1S/C42H81NO10/c1-3-5-7-9-11-13-14-15-16-17-18-19-20-22-23-25-27-29-34(45)37(47)33(32-52-42-40(50)39(49)38(48)36(31-44)53-42)43-41(51)35(46)30-28-26-24-21-12-10-8-6-4-2/h22-23,33-40,42,44-50H,3-21,24-32H2,1-2H3,(H,43,51)/b23-22+. The van der Waals surface area contributed by atoms with Gasteiger partial charge in [-0.3, -0.25) is 4.79 Å². The largest absolute Gasteiger partial charge is 0.394 e. The van der Waals surface area contributed by atoms with E-state index in [1.807, 2.05) is 0 Å². The Kier molecular flexibility index (Phi) is 31.1. The summed E-state index contributed by atoms with van der Waals surface area (Å²) in [6.45, 7) is 3.38. The maximum Gasteiger partial charge on any atom is 0.249 e. The Morgan fingerprint density at radius 1 is 0.642 bits per heavy atom. The molecular formula is C42H81NO10. The number of ether oxygens (including phenoxy) is 2. The van der Waals surface area contributed by atoms with Gasteiger partial charge in [-0.05, 0) is 38.5 Å². The van der Waals surface area contributed by atoms with Crippen LogP contribution in [0.1, 0.15) is 181 Å². The van der Waals surface area contributed by atoms with Crippen LogP contribution in [0.15, 0.2) is 12.2 Å². The first-order valence-corrected chi connectivity index (χ1v) is 21.6. The number of amides is 1. The molecule has 9 unspecified atom stereocenters. The predicted octanol–water partition coefficient (Wildman–Crippen LogP) is 6.11. The summed E-state index contributed by atoms with van der Waals surface area (Å²) in [6.07, 6.45) is 21.4. The van der Waals surface area contributed by atoms with Crippen molar-refractivity contribution in [1.82, 2.24) is 5.32 Å². The lowest BCUT2D eigenvalue weighted by Gasteiger charge is -2.40. The minimum Gasteiger partial charge on any atom is -0.394 e. The van der Waals surface area contributed by atoms with E-state index in [0.29, 0.717) is 12.8 Å². The van der Waals surface area contributed by atoms with Crippen LogP contribution in [0, 0.1) is 0 Å². The van der Waals surface area contributed by atoms with Crippen LogP contribution >= 0.6 is 0 Å². The van der Waals surface area contributed by atoms with Gasteiger partial charge in [0.25, 0.3) is 0 Å². The molecule has 0 aromatic carbocycles. The van der Waals surface area contributed by atoms with E-state index < -0.39 is 74.2 Å². The molecule has 53 heavy (non-hydrogen) atoms. The molecule has 0 saturated carbocycles. The molecule has 0 aromatic heterocycles. The van der Waals surface area contributed by atoms with Crippen molar-refractivity contribution in [3.8, 4) is 0 Å². The fraction of sp³-hybridized carbons (Fsp3) is 0.929. The second-order valence-corrected chi connectivity index (χ2v) is 15.4. The van der Waals surface area contributed by atoms with Crippen LogP contribution in [0.3, 0.4) is 0 Å². The van der Waals surface area contributed by atoms with Crippen molar-refractivity contribution < 1.29 is 50.0 Å². The number of aliphatic hydroxyl groups excluding tert-OH is 7. The van der Waals surface area contributed by atoms with Crippen molar-refractivity contribution in [2.75, 3.05) is 13.2 Å². The van der Waals surface area contributed by atoms with Gasteiger partial charge in [0, 0.05) is 0 Å². The van der Waals surface area contributed by atoms with Gasteiger partial charge < -0.3 is 50.5 Å². The highest BCUT2D eigenvalue weighted by Gasteiger charge is 2.44. The highest BCUT2D eigenvalue weighted by atomic mass is 16.7. The first kappa shape index (κ1) is 49.9. The molecule has 0 aromatic rings. The third kappa shape index (κ3) is 23.5. The average molecular weight is 760 g/mol. The summed E-state index contributed by atoms with van der Waals surface area (Å²) in [4.78, 5) is 13.0. The quantitative estimate of drug-likeness (QED) is 0.0277. The lowest BCUT2D eigenvalue weighted by Crippen LogP contribution is -2.60. The third-order valence-corrected chi connectivity index (χ3v) is 10.6. The summed E-state index contributed by atoms with van der Waals surface area (Å²) in [5.41, 5.74) is 0. The lowest BCUT2D eigenvalue weighted by atomic mass is 9.98. The number of unbranched alkanes of at least 4 members (excludes halogenated alkanes) is 21. The number of allylic oxidation sites excluding steroid dienone is 2. The monoisotopic (exact) mass is 760 g/mol. The van der Waals surface area contributed by atoms with Gasteiger partial charge in [-0.15, -0.1) is 0 Å². The third-order valence-electron chi connectivity index (χ3n) is 10.6. The molecule has 9 atom stereocenters. The number of nitrogens with one attached hydrogen (secondary N) is 1. The molecule has 1 fully saturated rings. The molecule has 1 aliphatic heterocycles. The van der Waals surface area contributed by atoms with Gasteiger partial charge in [-0.2, -0.15) is 0 Å². The van der Waals surface area contributed by atoms with Crippen molar-refractivity contribution in [1.29, 1.82) is 0 Å². The molecule has 1 saturated heterocycles. The van der Waals surface area contributed by atoms with Crippen LogP contribution in [0.5, 0.6) is 0 Å². The van der Waals surface area contributed by atoms with Gasteiger partial charge in [0.15, 0.2) is 6.29 Å². The minimum atomic E-state index is -1.66. The van der Waals surface area contributed by atoms with Crippen LogP contribution in [0.2, 0.25) is 0 Å². The molecule has 11 heteroatoms. The summed E-state index contributed by atoms with van der Waals surface area (Å²) in [5, 5.41) is 75.3. The first-order valence-electron chi connectivity index (χ1n) is 21.6. The minimum absolute atomic E-state index is 0.256. The number of rotatable bonds is 35. The molecule has 11 nitrogen and oxygen atoms in total. The predicted molar refractivity (Wildman–Crippen MR) is 210 cm³/mol. The number of hydrogen-bond acceptors (Lipinski definition) is 10. The van der Waals surface area contributed by atoms with Crippen LogP contribution < -0.4 is 5.32 Å². The smallest absolute Gasteiger partial charge is 0.249 e. The molecule has 314 valence electrons. The first-order chi connectivity index (χ1) is 25.7. The zero-order chi connectivity index (χ0) is 39.1. The Labute approximate surface area is 322 Å². The summed E-state index contributed by atoms with van der Waals surface area (Å²) >= 11 is 0. The van der Waals surface area contributed by atoms with Crippen molar-refractivity contribution in [3.63, 3.8) is 0 Å². The molecule has 0 radical (unpaired) electrons. The Morgan fingerprint density at radius 2 is 1.11 bits per heavy atom. The van der Waals surface area contributed by atoms with Crippen LogP contribution in [0.4, 0.5) is 0 Å². The van der Waals surface area contributed by atoms with Crippen LogP contribution in [-0.2, 0) is 14.3 Å². The van der Waals surface area contributed by atoms with Crippen LogP contribution in [0.25, 0.3) is 0 Å². The molecule has 1 heterocycles. The van der Waals surface area contributed by atoms with Gasteiger partial charge in [0.1, 0.15) is 36.6 Å². The van der Waals surface area contributed by atoms with Gasteiger partial charge in [-0.1, -0.05) is 154 Å². The van der Waals surface area contributed by atoms with Gasteiger partial charge in [0.05, 0.1) is 25.4 Å². The van der Waals surface area contributed by atoms with Gasteiger partial charge in [-0.25, -0.2) is 0 Å². The topological polar surface area (TPSA) is 189 Å². The van der Waals surface area contributed by atoms with E-state index in [9.17, 15) is 40.5 Å². The zero-order valence-corrected chi connectivity index (χ0v) is 33.5.